The average Bonchev–Trinajstić information content (AvgIpc) is 1.38. The van der Waals surface area contributed by atoms with Crippen LogP contribution >= 0.6 is 16.1 Å². The molecule has 0 radical (unpaired) electrons. The van der Waals surface area contributed by atoms with Crippen LogP contribution in [0.3, 0.4) is 0 Å². The topological polar surface area (TPSA) is 17.1 Å². The Hall–Kier alpha value is 0.460. The summed E-state index contributed by atoms with van der Waals surface area (Å²) in [4.78, 5) is 0. The van der Waals surface area contributed by atoms with Crippen molar-refractivity contribution in [2.75, 3.05) is 6.66 Å². The third-order valence-electron chi connectivity index (χ3n) is 0.126. The highest BCUT2D eigenvalue weighted by Crippen LogP contribution is 2.45. The molecule has 30 valence electrons. The summed E-state index contributed by atoms with van der Waals surface area (Å²) < 4.78 is 20.5. The summed E-state index contributed by atoms with van der Waals surface area (Å²) in [7, 11) is -2.36. The molecule has 0 saturated carbocycles. The lowest BCUT2D eigenvalue weighted by molar-refractivity contribution is 0.604. The van der Waals surface area contributed by atoms with E-state index in [2.05, 4.69) is 0 Å². The van der Waals surface area contributed by atoms with E-state index in [-0.39, 0.29) is 0 Å². The second-order valence-electron chi connectivity index (χ2n) is 0.568. The molecule has 0 aliphatic heterocycles. The summed E-state index contributed by atoms with van der Waals surface area (Å²) in [6.45, 7) is 1.32. The molecule has 0 aliphatic rings. The summed E-state index contributed by atoms with van der Waals surface area (Å²) >= 11 is 0. The average molecular weight is 113 g/mol. The SMILES string of the molecule is CP(F)[PH+]=O. The predicted octanol–water partition coefficient (Wildman–Crippen LogP) is 1.92. The minimum Gasteiger partial charge on any atom is -0.168 e. The molecule has 0 spiro atoms. The molecule has 0 fully saturated rings. The van der Waals surface area contributed by atoms with Gasteiger partial charge in [0.25, 0.3) is 0 Å². The van der Waals surface area contributed by atoms with Gasteiger partial charge >= 0.3 is 16.1 Å². The van der Waals surface area contributed by atoms with Gasteiger partial charge in [-0.05, 0) is 0 Å². The molecule has 0 saturated heterocycles. The van der Waals surface area contributed by atoms with E-state index in [0.29, 0.717) is 0 Å². The third kappa shape index (κ3) is 4.46. The van der Waals surface area contributed by atoms with Gasteiger partial charge in [-0.2, -0.15) is 4.20 Å². The van der Waals surface area contributed by atoms with Crippen LogP contribution in [0, 0.1) is 0 Å². The fraction of sp³-hybridized carbons (Fsp3) is 1.00. The largest absolute Gasteiger partial charge is 0.376 e. The van der Waals surface area contributed by atoms with Crippen molar-refractivity contribution in [1.29, 1.82) is 0 Å². The van der Waals surface area contributed by atoms with E-state index in [1.165, 1.54) is 6.66 Å². The van der Waals surface area contributed by atoms with Crippen molar-refractivity contribution in [3.63, 3.8) is 0 Å². The van der Waals surface area contributed by atoms with Gasteiger partial charge in [-0.25, -0.2) is 0 Å². The number of hydrogen-bond donors (Lipinski definition) is 0. The molecule has 2 unspecified atom stereocenters. The Bertz CT molecular complexity index is 36.6. The predicted molar refractivity (Wildman–Crippen MR) is 23.0 cm³/mol. The normalized spacial score (nSPS) is 15.6. The molecule has 1 nitrogen and oxygen atoms in total. The van der Waals surface area contributed by atoms with Gasteiger partial charge in [0.1, 0.15) is 0 Å². The quantitative estimate of drug-likeness (QED) is 0.474. The molecule has 0 aromatic carbocycles. The summed E-state index contributed by atoms with van der Waals surface area (Å²) in [6.07, 6.45) is 0. The maximum absolute atomic E-state index is 11.2. The maximum Gasteiger partial charge on any atom is 0.376 e. The molecule has 5 heavy (non-hydrogen) atoms. The minimum atomic E-state index is -1.63. The first kappa shape index (κ1) is 5.46. The molecule has 0 aromatic rings. The van der Waals surface area contributed by atoms with Gasteiger partial charge in [0.15, 0.2) is 0 Å². The molecular formula is CH4FOP2+. The Labute approximate surface area is 32.5 Å². The van der Waals surface area contributed by atoms with E-state index >= 15 is 0 Å². The Kier molecular flexibility index (Phi) is 2.93. The first-order valence-corrected chi connectivity index (χ1v) is 4.47. The van der Waals surface area contributed by atoms with Crippen LogP contribution in [0.5, 0.6) is 0 Å². The molecular weight excluding hydrogens is 109 g/mol. The lowest BCUT2D eigenvalue weighted by Crippen LogP contribution is -1.26. The van der Waals surface area contributed by atoms with Gasteiger partial charge in [-0.1, -0.05) is 4.57 Å². The van der Waals surface area contributed by atoms with Gasteiger partial charge in [-0.15, -0.1) is 0 Å². The standard InChI is InChI=1S/CH3FOP2/c1-5(2)4-3/h1H3/p+1. The zero-order valence-corrected chi connectivity index (χ0v) is 4.63. The Balaban J connectivity index is 2.83. The van der Waals surface area contributed by atoms with Crippen LogP contribution in [-0.4, -0.2) is 6.66 Å². The molecule has 0 aliphatic carbocycles. The van der Waals surface area contributed by atoms with Gasteiger partial charge in [0, 0.05) is 6.66 Å². The molecule has 0 N–H and O–H groups in total. The van der Waals surface area contributed by atoms with Crippen molar-refractivity contribution < 1.29 is 8.76 Å². The first-order valence-electron chi connectivity index (χ1n) is 1.04. The zero-order valence-electron chi connectivity index (χ0n) is 2.73. The Morgan fingerprint density at radius 3 is 2.20 bits per heavy atom. The molecule has 0 aromatic heterocycles. The Morgan fingerprint density at radius 1 is 2.00 bits per heavy atom. The molecule has 0 rings (SSSR count). The molecule has 0 amide bonds. The van der Waals surface area contributed by atoms with Crippen molar-refractivity contribution in [1.82, 2.24) is 0 Å². The smallest absolute Gasteiger partial charge is 0.168 e. The van der Waals surface area contributed by atoms with E-state index in [4.69, 9.17) is 0 Å². The van der Waals surface area contributed by atoms with Crippen molar-refractivity contribution in [3.8, 4) is 0 Å². The third-order valence-corrected chi connectivity index (χ3v) is 1.13. The monoisotopic (exact) mass is 113 g/mol. The number of halogens is 1. The summed E-state index contributed by atoms with van der Waals surface area (Å²) in [6, 6.07) is 0. The van der Waals surface area contributed by atoms with Crippen LogP contribution in [-0.2, 0) is 4.57 Å². The van der Waals surface area contributed by atoms with Crippen molar-refractivity contribution in [2.24, 2.45) is 0 Å². The zero-order chi connectivity index (χ0) is 4.28. The number of rotatable bonds is 1. The van der Waals surface area contributed by atoms with Crippen LogP contribution in [0.1, 0.15) is 0 Å². The Morgan fingerprint density at radius 2 is 2.20 bits per heavy atom. The van der Waals surface area contributed by atoms with Crippen LogP contribution in [0.4, 0.5) is 4.20 Å². The van der Waals surface area contributed by atoms with E-state index < -0.39 is 16.1 Å². The highest BCUT2D eigenvalue weighted by Gasteiger charge is 2.01. The molecule has 2 atom stereocenters. The fourth-order valence-corrected chi connectivity index (χ4v) is 0. The van der Waals surface area contributed by atoms with E-state index in [1.807, 2.05) is 0 Å². The lowest BCUT2D eigenvalue weighted by Gasteiger charge is -1.59. The van der Waals surface area contributed by atoms with Crippen molar-refractivity contribution >= 4 is 16.1 Å². The first-order chi connectivity index (χ1) is 2.27. The van der Waals surface area contributed by atoms with Crippen molar-refractivity contribution in [3.05, 3.63) is 0 Å². The lowest BCUT2D eigenvalue weighted by atomic mass is 12.0. The van der Waals surface area contributed by atoms with E-state index in [0.717, 1.165) is 0 Å². The van der Waals surface area contributed by atoms with Crippen molar-refractivity contribution in [2.45, 2.75) is 0 Å². The highest BCUT2D eigenvalue weighted by atomic mass is 32.1. The maximum atomic E-state index is 11.2. The van der Waals surface area contributed by atoms with Crippen LogP contribution in [0.25, 0.3) is 0 Å². The van der Waals surface area contributed by atoms with Crippen LogP contribution in [0.15, 0.2) is 0 Å². The van der Waals surface area contributed by atoms with Gasteiger partial charge in [0.05, 0.1) is 0 Å². The van der Waals surface area contributed by atoms with Gasteiger partial charge < -0.3 is 0 Å². The second kappa shape index (κ2) is 2.68. The van der Waals surface area contributed by atoms with Gasteiger partial charge in [0.2, 0.25) is 0 Å². The van der Waals surface area contributed by atoms with E-state index in [9.17, 15) is 8.76 Å². The molecule has 0 bridgehead atoms. The van der Waals surface area contributed by atoms with Crippen LogP contribution < -0.4 is 0 Å². The minimum absolute atomic E-state index is 0.738. The highest BCUT2D eigenvalue weighted by molar-refractivity contribution is 8.13. The summed E-state index contributed by atoms with van der Waals surface area (Å²) in [5.41, 5.74) is 0. The second-order valence-corrected chi connectivity index (χ2v) is 4.10. The number of hydrogen-bond acceptors (Lipinski definition) is 1. The van der Waals surface area contributed by atoms with E-state index in [1.54, 1.807) is 0 Å². The molecule has 0 heterocycles. The molecule has 4 heteroatoms. The summed E-state index contributed by atoms with van der Waals surface area (Å²) in [5.74, 6) is 0. The van der Waals surface area contributed by atoms with Gasteiger partial charge in [-0.3, -0.25) is 0 Å². The summed E-state index contributed by atoms with van der Waals surface area (Å²) in [5, 5.41) is 0. The fourth-order valence-electron chi connectivity index (χ4n) is 0. The van der Waals surface area contributed by atoms with Crippen LogP contribution in [0.2, 0.25) is 0 Å².